The Labute approximate surface area is 167 Å². The van der Waals surface area contributed by atoms with E-state index >= 15 is 0 Å². The maximum absolute atomic E-state index is 11.8. The van der Waals surface area contributed by atoms with Crippen LogP contribution in [-0.4, -0.2) is 61.8 Å². The summed E-state index contributed by atoms with van der Waals surface area (Å²) in [7, 11) is 0. The lowest BCUT2D eigenvalue weighted by molar-refractivity contribution is -0.162. The second-order valence-corrected chi connectivity index (χ2v) is 6.43. The molecular formula is C16H26O9S2. The van der Waals surface area contributed by atoms with E-state index in [0.717, 1.165) is 24.1 Å². The van der Waals surface area contributed by atoms with Gasteiger partial charge in [0.25, 0.3) is 0 Å². The zero-order valence-electron chi connectivity index (χ0n) is 15.9. The molecule has 0 aromatic rings. The zero-order valence-corrected chi connectivity index (χ0v) is 17.5. The van der Waals surface area contributed by atoms with Crippen LogP contribution in [0.25, 0.3) is 0 Å². The average Bonchev–Trinajstić information content (AvgIpc) is 2.61. The van der Waals surface area contributed by atoms with Crippen molar-refractivity contribution in [2.75, 3.05) is 37.9 Å². The minimum Gasteiger partial charge on any atom is -0.465 e. The summed E-state index contributed by atoms with van der Waals surface area (Å²) >= 11 is 1.64. The molecule has 0 rings (SSSR count). The van der Waals surface area contributed by atoms with Crippen molar-refractivity contribution < 1.29 is 41.8 Å². The lowest BCUT2D eigenvalue weighted by Crippen LogP contribution is -2.30. The highest BCUT2D eigenvalue weighted by Gasteiger charge is 2.31. The fourth-order valence-electron chi connectivity index (χ4n) is 1.66. The van der Waals surface area contributed by atoms with Crippen molar-refractivity contribution in [1.29, 1.82) is 0 Å². The van der Waals surface area contributed by atoms with Crippen LogP contribution >= 0.6 is 24.1 Å². The van der Waals surface area contributed by atoms with Gasteiger partial charge in [-0.15, -0.1) is 0 Å². The van der Waals surface area contributed by atoms with Crippen LogP contribution in [0.2, 0.25) is 0 Å². The van der Waals surface area contributed by atoms with Gasteiger partial charge in [0.15, 0.2) is 11.8 Å². The minimum atomic E-state index is -1.12. The Morgan fingerprint density at radius 2 is 0.852 bits per heavy atom. The third-order valence-corrected chi connectivity index (χ3v) is 4.56. The molecule has 0 radical (unpaired) electrons. The van der Waals surface area contributed by atoms with E-state index in [1.165, 1.54) is 0 Å². The predicted octanol–water partition coefficient (Wildman–Crippen LogP) is 1.78. The largest absolute Gasteiger partial charge is 0.465 e. The van der Waals surface area contributed by atoms with Gasteiger partial charge in [0.2, 0.25) is 0 Å². The maximum Gasteiger partial charge on any atom is 0.321 e. The van der Waals surface area contributed by atoms with Gasteiger partial charge in [-0.1, -0.05) is 0 Å². The van der Waals surface area contributed by atoms with E-state index in [-0.39, 0.29) is 37.9 Å². The minimum absolute atomic E-state index is 0.0336. The third kappa shape index (κ3) is 10.5. The van der Waals surface area contributed by atoms with Crippen LogP contribution in [0.4, 0.5) is 0 Å². The summed E-state index contributed by atoms with van der Waals surface area (Å²) in [5.74, 6) is -5.12. The monoisotopic (exact) mass is 426 g/mol. The molecule has 0 saturated carbocycles. The van der Waals surface area contributed by atoms with Gasteiger partial charge in [0, 0.05) is 35.6 Å². The van der Waals surface area contributed by atoms with Crippen molar-refractivity contribution in [2.24, 2.45) is 11.8 Å². The molecule has 0 heterocycles. The summed E-state index contributed by atoms with van der Waals surface area (Å²) < 4.78 is 24.6. The molecule has 156 valence electrons. The molecule has 0 bridgehead atoms. The van der Waals surface area contributed by atoms with Crippen LogP contribution in [0.15, 0.2) is 0 Å². The van der Waals surface area contributed by atoms with Crippen LogP contribution in [0.3, 0.4) is 0 Å². The molecule has 0 saturated heterocycles. The highest BCUT2D eigenvalue weighted by molar-refractivity contribution is 8.07. The first-order valence-corrected chi connectivity index (χ1v) is 10.3. The van der Waals surface area contributed by atoms with Gasteiger partial charge in [-0.3, -0.25) is 19.2 Å². The second kappa shape index (κ2) is 15.6. The molecule has 0 aliphatic carbocycles. The fourth-order valence-corrected chi connectivity index (χ4v) is 3.19. The van der Waals surface area contributed by atoms with E-state index in [2.05, 4.69) is 0 Å². The van der Waals surface area contributed by atoms with Crippen LogP contribution < -0.4 is 0 Å². The molecule has 0 aromatic carbocycles. The van der Waals surface area contributed by atoms with Gasteiger partial charge in [0.05, 0.1) is 26.4 Å². The smallest absolute Gasteiger partial charge is 0.321 e. The van der Waals surface area contributed by atoms with Crippen LogP contribution in [-0.2, 0) is 41.8 Å². The molecule has 0 atom stereocenters. The summed E-state index contributed by atoms with van der Waals surface area (Å²) in [6, 6.07) is 0. The first kappa shape index (κ1) is 25.5. The van der Waals surface area contributed by atoms with Gasteiger partial charge in [0.1, 0.15) is 0 Å². The van der Waals surface area contributed by atoms with Crippen molar-refractivity contribution in [3.8, 4) is 0 Å². The number of esters is 4. The predicted molar refractivity (Wildman–Crippen MR) is 99.5 cm³/mol. The zero-order chi connectivity index (χ0) is 20.7. The van der Waals surface area contributed by atoms with E-state index in [0.29, 0.717) is 0 Å². The SMILES string of the molecule is CCOC(=O)C(CSOSCC(C(=O)OCC)C(=O)OCC)C(=O)OCC. The topological polar surface area (TPSA) is 114 Å². The summed E-state index contributed by atoms with van der Waals surface area (Å²) in [5.41, 5.74) is 0. The summed E-state index contributed by atoms with van der Waals surface area (Å²) in [6.07, 6.45) is 0. The summed E-state index contributed by atoms with van der Waals surface area (Å²) in [6.45, 7) is 7.06. The number of carbonyl (C=O) groups excluding carboxylic acids is 4. The van der Waals surface area contributed by atoms with Crippen LogP contribution in [0, 0.1) is 11.8 Å². The van der Waals surface area contributed by atoms with E-state index in [1.54, 1.807) is 27.7 Å². The standard InChI is InChI=1S/C16H26O9S2/c1-5-21-13(17)11(14(18)22-6-2)9-26-25-27-10-12(15(19)23-7-3)16(20)24-8-4/h11-12H,5-10H2,1-4H3. The highest BCUT2D eigenvalue weighted by atomic mass is 32.2. The molecule has 0 N–H and O–H groups in total. The number of carbonyl (C=O) groups is 4. The number of rotatable bonds is 14. The van der Waals surface area contributed by atoms with Crippen LogP contribution in [0.5, 0.6) is 0 Å². The molecule has 0 unspecified atom stereocenters. The fraction of sp³-hybridized carbons (Fsp3) is 0.750. The Bertz CT molecular complexity index is 407. The van der Waals surface area contributed by atoms with Crippen molar-refractivity contribution in [3.63, 3.8) is 0 Å². The Balaban J connectivity index is 4.53. The molecule has 0 aromatic heterocycles. The number of hydrogen-bond acceptors (Lipinski definition) is 11. The summed E-state index contributed by atoms with van der Waals surface area (Å²) in [4.78, 5) is 47.3. The number of hydrogen-bond donors (Lipinski definition) is 0. The van der Waals surface area contributed by atoms with Crippen molar-refractivity contribution in [3.05, 3.63) is 0 Å². The Kier molecular flexibility index (Phi) is 14.7. The first-order valence-electron chi connectivity index (χ1n) is 8.50. The van der Waals surface area contributed by atoms with E-state index in [1.807, 2.05) is 0 Å². The van der Waals surface area contributed by atoms with Crippen molar-refractivity contribution >= 4 is 48.0 Å². The lowest BCUT2D eigenvalue weighted by atomic mass is 10.2. The third-order valence-electron chi connectivity index (χ3n) is 2.85. The second-order valence-electron chi connectivity index (χ2n) is 4.75. The summed E-state index contributed by atoms with van der Waals surface area (Å²) in [5, 5.41) is 0. The molecule has 27 heavy (non-hydrogen) atoms. The molecule has 0 spiro atoms. The van der Waals surface area contributed by atoms with Gasteiger partial charge in [-0.05, 0) is 27.7 Å². The first-order chi connectivity index (χ1) is 12.9. The Hall–Kier alpha value is -1.46. The maximum atomic E-state index is 11.8. The van der Waals surface area contributed by atoms with E-state index in [4.69, 9.17) is 22.6 Å². The quantitative estimate of drug-likeness (QED) is 0.133. The highest BCUT2D eigenvalue weighted by Crippen LogP contribution is 2.22. The number of ether oxygens (including phenoxy) is 4. The molecule has 0 amide bonds. The molecular weight excluding hydrogens is 400 g/mol. The van der Waals surface area contributed by atoms with Gasteiger partial charge in [-0.2, -0.15) is 0 Å². The average molecular weight is 427 g/mol. The van der Waals surface area contributed by atoms with Crippen LogP contribution in [0.1, 0.15) is 27.7 Å². The molecule has 9 nitrogen and oxygen atoms in total. The molecule has 0 aliphatic heterocycles. The van der Waals surface area contributed by atoms with Gasteiger partial charge < -0.3 is 18.9 Å². The Morgan fingerprint density at radius 1 is 0.593 bits per heavy atom. The van der Waals surface area contributed by atoms with Gasteiger partial charge >= 0.3 is 23.9 Å². The van der Waals surface area contributed by atoms with Crippen molar-refractivity contribution in [1.82, 2.24) is 0 Å². The normalized spacial score (nSPS) is 10.6. The van der Waals surface area contributed by atoms with E-state index < -0.39 is 35.7 Å². The van der Waals surface area contributed by atoms with E-state index in [9.17, 15) is 19.2 Å². The van der Waals surface area contributed by atoms with Gasteiger partial charge in [-0.25, -0.2) is 3.63 Å². The molecule has 11 heteroatoms. The Morgan fingerprint density at radius 3 is 1.07 bits per heavy atom. The lowest BCUT2D eigenvalue weighted by Gasteiger charge is -2.14. The van der Waals surface area contributed by atoms with Crippen molar-refractivity contribution in [2.45, 2.75) is 27.7 Å². The molecule has 0 fully saturated rings. The molecule has 0 aliphatic rings.